The predicted molar refractivity (Wildman–Crippen MR) is 55.5 cm³/mol. The zero-order chi connectivity index (χ0) is 9.97. The molecule has 1 aromatic carbocycles. The molecule has 0 amide bonds. The first kappa shape index (κ1) is 9.53. The second kappa shape index (κ2) is 4.01. The van der Waals surface area contributed by atoms with Gasteiger partial charge >= 0.3 is 0 Å². The van der Waals surface area contributed by atoms with Crippen molar-refractivity contribution in [2.24, 2.45) is 5.92 Å². The molecule has 2 atom stereocenters. The smallest absolute Gasteiger partial charge is 0.119 e. The Kier molecular flexibility index (Phi) is 2.73. The van der Waals surface area contributed by atoms with E-state index in [0.717, 1.165) is 12.2 Å². The summed E-state index contributed by atoms with van der Waals surface area (Å²) in [7, 11) is 0. The third-order valence-electron chi connectivity index (χ3n) is 2.78. The minimum atomic E-state index is 0.317. The summed E-state index contributed by atoms with van der Waals surface area (Å²) in [4.78, 5) is 0. The van der Waals surface area contributed by atoms with Gasteiger partial charge in [0.15, 0.2) is 0 Å². The maximum absolute atomic E-state index is 8.95. The summed E-state index contributed by atoms with van der Waals surface area (Å²) >= 11 is 0. The normalized spacial score (nSPS) is 24.7. The van der Waals surface area contributed by atoms with E-state index in [9.17, 15) is 0 Å². The van der Waals surface area contributed by atoms with E-state index in [0.29, 0.717) is 25.0 Å². The summed E-state index contributed by atoms with van der Waals surface area (Å²) in [6.07, 6.45) is 1.13. The lowest BCUT2D eigenvalue weighted by Gasteiger charge is -2.04. The van der Waals surface area contributed by atoms with Crippen LogP contribution in [-0.4, -0.2) is 18.3 Å². The van der Waals surface area contributed by atoms with Gasteiger partial charge in [0, 0.05) is 6.61 Å². The van der Waals surface area contributed by atoms with E-state index < -0.39 is 0 Å². The van der Waals surface area contributed by atoms with Gasteiger partial charge < -0.3 is 9.84 Å². The molecular weight excluding hydrogens is 176 g/mol. The highest BCUT2D eigenvalue weighted by molar-refractivity contribution is 5.32. The fourth-order valence-electron chi connectivity index (χ4n) is 1.84. The van der Waals surface area contributed by atoms with E-state index >= 15 is 0 Å². The molecule has 1 aromatic rings. The number of ether oxygens (including phenoxy) is 1. The van der Waals surface area contributed by atoms with Gasteiger partial charge in [0.25, 0.3) is 0 Å². The fraction of sp³-hybridized carbons (Fsp3) is 0.500. The van der Waals surface area contributed by atoms with Crippen LogP contribution < -0.4 is 4.74 Å². The van der Waals surface area contributed by atoms with E-state index in [4.69, 9.17) is 9.84 Å². The lowest BCUT2D eigenvalue weighted by Crippen LogP contribution is -1.92. The van der Waals surface area contributed by atoms with E-state index in [1.807, 2.05) is 19.1 Å². The molecule has 1 fully saturated rings. The molecule has 14 heavy (non-hydrogen) atoms. The molecular formula is C12H16O2. The monoisotopic (exact) mass is 192 g/mol. The standard InChI is InChI=1S/C12H16O2/c1-2-14-11-5-3-9(4-6-11)12-7-10(12)8-13/h3-6,10,12-13H,2,7-8H2,1H3/t10-,12+/m0/s1. The van der Waals surface area contributed by atoms with Crippen molar-refractivity contribution in [3.05, 3.63) is 29.8 Å². The second-order valence-electron chi connectivity index (χ2n) is 3.79. The highest BCUT2D eigenvalue weighted by atomic mass is 16.5. The van der Waals surface area contributed by atoms with Gasteiger partial charge in [0.2, 0.25) is 0 Å². The molecule has 0 spiro atoms. The number of rotatable bonds is 4. The molecule has 2 nitrogen and oxygen atoms in total. The van der Waals surface area contributed by atoms with E-state index in [-0.39, 0.29) is 0 Å². The molecule has 1 saturated carbocycles. The van der Waals surface area contributed by atoms with Gasteiger partial charge in [-0.2, -0.15) is 0 Å². The molecule has 2 heteroatoms. The molecule has 76 valence electrons. The first-order chi connectivity index (χ1) is 6.85. The van der Waals surface area contributed by atoms with Crippen LogP contribution in [0.5, 0.6) is 5.75 Å². The first-order valence-corrected chi connectivity index (χ1v) is 5.18. The van der Waals surface area contributed by atoms with Gasteiger partial charge in [-0.15, -0.1) is 0 Å². The van der Waals surface area contributed by atoms with Crippen LogP contribution in [0, 0.1) is 5.92 Å². The summed E-state index contributed by atoms with van der Waals surface area (Å²) in [5.41, 5.74) is 1.33. The van der Waals surface area contributed by atoms with Crippen LogP contribution in [-0.2, 0) is 0 Å². The molecule has 1 aliphatic rings. The number of aliphatic hydroxyl groups excluding tert-OH is 1. The molecule has 0 aromatic heterocycles. The van der Waals surface area contributed by atoms with Crippen LogP contribution in [0.4, 0.5) is 0 Å². The van der Waals surface area contributed by atoms with Crippen molar-refractivity contribution >= 4 is 0 Å². The molecule has 0 heterocycles. The Bertz CT molecular complexity index is 292. The van der Waals surface area contributed by atoms with Crippen molar-refractivity contribution in [3.8, 4) is 5.75 Å². The third kappa shape index (κ3) is 1.90. The number of hydrogen-bond acceptors (Lipinski definition) is 2. The minimum Gasteiger partial charge on any atom is -0.494 e. The lowest BCUT2D eigenvalue weighted by molar-refractivity contribution is 0.274. The highest BCUT2D eigenvalue weighted by Crippen LogP contribution is 2.47. The maximum Gasteiger partial charge on any atom is 0.119 e. The van der Waals surface area contributed by atoms with Gasteiger partial charge in [-0.3, -0.25) is 0 Å². The molecule has 0 aliphatic heterocycles. The third-order valence-corrected chi connectivity index (χ3v) is 2.78. The number of hydrogen-bond donors (Lipinski definition) is 1. The van der Waals surface area contributed by atoms with Gasteiger partial charge in [-0.1, -0.05) is 12.1 Å². The molecule has 0 unspecified atom stereocenters. The topological polar surface area (TPSA) is 29.5 Å². The van der Waals surface area contributed by atoms with Crippen molar-refractivity contribution in [2.75, 3.05) is 13.2 Å². The molecule has 0 radical (unpaired) electrons. The molecule has 0 saturated heterocycles. The van der Waals surface area contributed by atoms with Gasteiger partial charge in [0.1, 0.15) is 5.75 Å². The summed E-state index contributed by atoms with van der Waals surface area (Å²) in [5.74, 6) is 2.00. The number of benzene rings is 1. The van der Waals surface area contributed by atoms with Crippen LogP contribution >= 0.6 is 0 Å². The molecule has 1 aliphatic carbocycles. The summed E-state index contributed by atoms with van der Waals surface area (Å²) in [6.45, 7) is 3.01. The summed E-state index contributed by atoms with van der Waals surface area (Å²) in [6, 6.07) is 8.22. The number of aliphatic hydroxyl groups is 1. The van der Waals surface area contributed by atoms with Crippen molar-refractivity contribution in [3.63, 3.8) is 0 Å². The Morgan fingerprint density at radius 3 is 2.57 bits per heavy atom. The molecule has 2 rings (SSSR count). The van der Waals surface area contributed by atoms with Crippen LogP contribution in [0.3, 0.4) is 0 Å². The van der Waals surface area contributed by atoms with Crippen molar-refractivity contribution in [1.82, 2.24) is 0 Å². The van der Waals surface area contributed by atoms with Crippen LogP contribution in [0.15, 0.2) is 24.3 Å². The molecule has 1 N–H and O–H groups in total. The van der Waals surface area contributed by atoms with Crippen molar-refractivity contribution < 1.29 is 9.84 Å². The molecule has 0 bridgehead atoms. The Morgan fingerprint density at radius 1 is 1.36 bits per heavy atom. The zero-order valence-corrected chi connectivity index (χ0v) is 8.44. The Morgan fingerprint density at radius 2 is 2.07 bits per heavy atom. The van der Waals surface area contributed by atoms with E-state index in [1.165, 1.54) is 5.56 Å². The largest absolute Gasteiger partial charge is 0.494 e. The van der Waals surface area contributed by atoms with Crippen LogP contribution in [0.2, 0.25) is 0 Å². The van der Waals surface area contributed by atoms with Crippen molar-refractivity contribution in [2.45, 2.75) is 19.3 Å². The van der Waals surface area contributed by atoms with Crippen molar-refractivity contribution in [1.29, 1.82) is 0 Å². The lowest BCUT2D eigenvalue weighted by atomic mass is 10.1. The van der Waals surface area contributed by atoms with Gasteiger partial charge in [-0.05, 0) is 42.9 Å². The van der Waals surface area contributed by atoms with E-state index in [1.54, 1.807) is 0 Å². The van der Waals surface area contributed by atoms with Crippen LogP contribution in [0.25, 0.3) is 0 Å². The first-order valence-electron chi connectivity index (χ1n) is 5.18. The summed E-state index contributed by atoms with van der Waals surface area (Å²) in [5, 5.41) is 8.95. The Hall–Kier alpha value is -1.02. The average molecular weight is 192 g/mol. The highest BCUT2D eigenvalue weighted by Gasteiger charge is 2.37. The van der Waals surface area contributed by atoms with E-state index in [2.05, 4.69) is 12.1 Å². The van der Waals surface area contributed by atoms with Crippen LogP contribution in [0.1, 0.15) is 24.8 Å². The Balaban J connectivity index is 2.00. The predicted octanol–water partition coefficient (Wildman–Crippen LogP) is 2.18. The summed E-state index contributed by atoms with van der Waals surface area (Å²) < 4.78 is 5.36. The van der Waals surface area contributed by atoms with Gasteiger partial charge in [-0.25, -0.2) is 0 Å². The fourth-order valence-corrected chi connectivity index (χ4v) is 1.84. The Labute approximate surface area is 84.5 Å². The second-order valence-corrected chi connectivity index (χ2v) is 3.79. The maximum atomic E-state index is 8.95. The zero-order valence-electron chi connectivity index (χ0n) is 8.44. The average Bonchev–Trinajstić information content (AvgIpc) is 2.99. The quantitative estimate of drug-likeness (QED) is 0.792. The SMILES string of the molecule is CCOc1ccc([C@H]2C[C@H]2CO)cc1. The van der Waals surface area contributed by atoms with Gasteiger partial charge in [0.05, 0.1) is 6.61 Å². The minimum absolute atomic E-state index is 0.317.